The first kappa shape index (κ1) is 32.2. The molecule has 2 aromatic carbocycles. The SMILES string of the molecule is Cc1ccc(C(=O)Nc2ccc(CN3CCN(CCCCCCN)CC3)c(C(F)(F)F)c2)cc1C#Cc1cnc2cccnn12. The van der Waals surface area contributed by atoms with Crippen LogP contribution in [0.25, 0.3) is 5.65 Å². The molecular formula is C34H38F3N7O. The van der Waals surface area contributed by atoms with Crippen LogP contribution in [-0.4, -0.2) is 69.6 Å². The van der Waals surface area contributed by atoms with Gasteiger partial charge in [0.25, 0.3) is 5.91 Å². The van der Waals surface area contributed by atoms with E-state index < -0.39 is 17.6 Å². The number of nitrogens with zero attached hydrogens (tertiary/aromatic N) is 5. The van der Waals surface area contributed by atoms with E-state index in [1.807, 2.05) is 13.0 Å². The molecule has 5 rings (SSSR count). The predicted octanol–water partition coefficient (Wildman–Crippen LogP) is 5.35. The van der Waals surface area contributed by atoms with Crippen molar-refractivity contribution in [3.8, 4) is 11.8 Å². The molecule has 1 saturated heterocycles. The van der Waals surface area contributed by atoms with Gasteiger partial charge in [-0.05, 0) is 86.3 Å². The second-order valence-corrected chi connectivity index (χ2v) is 11.4. The topological polar surface area (TPSA) is 91.8 Å². The van der Waals surface area contributed by atoms with Crippen LogP contribution in [0.5, 0.6) is 0 Å². The smallest absolute Gasteiger partial charge is 0.330 e. The number of hydrogen-bond donors (Lipinski definition) is 2. The zero-order chi connectivity index (χ0) is 31.8. The average molecular weight is 618 g/mol. The summed E-state index contributed by atoms with van der Waals surface area (Å²) in [6.45, 7) is 6.91. The van der Waals surface area contributed by atoms with Gasteiger partial charge in [-0.2, -0.15) is 18.3 Å². The van der Waals surface area contributed by atoms with Crippen molar-refractivity contribution in [2.75, 3.05) is 44.6 Å². The Morgan fingerprint density at radius 1 is 0.978 bits per heavy atom. The van der Waals surface area contributed by atoms with Gasteiger partial charge in [0, 0.05) is 55.7 Å². The first-order chi connectivity index (χ1) is 21.7. The summed E-state index contributed by atoms with van der Waals surface area (Å²) in [4.78, 5) is 21.8. The van der Waals surface area contributed by atoms with Gasteiger partial charge < -0.3 is 16.0 Å². The monoisotopic (exact) mass is 617 g/mol. The average Bonchev–Trinajstić information content (AvgIpc) is 3.44. The lowest BCUT2D eigenvalue weighted by molar-refractivity contribution is -0.138. The summed E-state index contributed by atoms with van der Waals surface area (Å²) in [5, 5.41) is 6.89. The number of fused-ring (bicyclic) bond motifs is 1. The molecule has 0 aliphatic carbocycles. The Balaban J connectivity index is 1.23. The molecule has 1 aliphatic heterocycles. The molecular weight excluding hydrogens is 579 g/mol. The summed E-state index contributed by atoms with van der Waals surface area (Å²) >= 11 is 0. The van der Waals surface area contributed by atoms with Crippen LogP contribution in [0.3, 0.4) is 0 Å². The Kier molecular flexibility index (Phi) is 10.5. The number of benzene rings is 2. The zero-order valence-electron chi connectivity index (χ0n) is 25.4. The molecule has 0 unspecified atom stereocenters. The first-order valence-electron chi connectivity index (χ1n) is 15.3. The Bertz CT molecular complexity index is 1680. The van der Waals surface area contributed by atoms with Crippen LogP contribution in [-0.2, 0) is 12.7 Å². The Morgan fingerprint density at radius 3 is 2.53 bits per heavy atom. The van der Waals surface area contributed by atoms with E-state index in [-0.39, 0.29) is 23.4 Å². The highest BCUT2D eigenvalue weighted by atomic mass is 19.4. The number of piperazine rings is 1. The van der Waals surface area contributed by atoms with E-state index in [0.717, 1.165) is 63.5 Å². The third-order valence-electron chi connectivity index (χ3n) is 8.06. The minimum Gasteiger partial charge on any atom is -0.330 e. The molecule has 0 saturated carbocycles. The molecule has 0 atom stereocenters. The number of nitrogens with one attached hydrogen (secondary N) is 1. The number of alkyl halides is 3. The number of halogens is 3. The van der Waals surface area contributed by atoms with Crippen molar-refractivity contribution in [3.63, 3.8) is 0 Å². The number of imidazole rings is 1. The van der Waals surface area contributed by atoms with Crippen molar-refractivity contribution < 1.29 is 18.0 Å². The molecule has 236 valence electrons. The van der Waals surface area contributed by atoms with Crippen molar-refractivity contribution in [3.05, 3.63) is 94.4 Å². The summed E-state index contributed by atoms with van der Waals surface area (Å²) in [6.07, 6.45) is 3.15. The van der Waals surface area contributed by atoms with Crippen molar-refractivity contribution in [1.29, 1.82) is 0 Å². The highest BCUT2D eigenvalue weighted by molar-refractivity contribution is 6.04. The van der Waals surface area contributed by atoms with Crippen LogP contribution in [0.15, 0.2) is 60.9 Å². The zero-order valence-corrected chi connectivity index (χ0v) is 25.4. The Hall–Kier alpha value is -4.24. The van der Waals surface area contributed by atoms with Crippen molar-refractivity contribution in [2.24, 2.45) is 5.73 Å². The highest BCUT2D eigenvalue weighted by Gasteiger charge is 2.34. The van der Waals surface area contributed by atoms with Gasteiger partial charge in [0.15, 0.2) is 5.65 Å². The number of hydrogen-bond acceptors (Lipinski definition) is 6. The summed E-state index contributed by atoms with van der Waals surface area (Å²) in [7, 11) is 0. The lowest BCUT2D eigenvalue weighted by Crippen LogP contribution is -2.46. The van der Waals surface area contributed by atoms with Gasteiger partial charge in [0.2, 0.25) is 0 Å². The molecule has 8 nitrogen and oxygen atoms in total. The third kappa shape index (κ3) is 8.48. The molecule has 3 heterocycles. The van der Waals surface area contributed by atoms with E-state index in [9.17, 15) is 18.0 Å². The van der Waals surface area contributed by atoms with Crippen LogP contribution in [0.4, 0.5) is 18.9 Å². The number of carbonyl (C=O) groups is 1. The third-order valence-corrected chi connectivity index (χ3v) is 8.06. The van der Waals surface area contributed by atoms with Crippen LogP contribution < -0.4 is 11.1 Å². The van der Waals surface area contributed by atoms with Crippen LogP contribution in [0, 0.1) is 18.8 Å². The number of unbranched alkanes of at least 4 members (excludes halogenated alkanes) is 3. The predicted molar refractivity (Wildman–Crippen MR) is 169 cm³/mol. The van der Waals surface area contributed by atoms with Gasteiger partial charge >= 0.3 is 6.18 Å². The second kappa shape index (κ2) is 14.7. The minimum atomic E-state index is -4.55. The summed E-state index contributed by atoms with van der Waals surface area (Å²) in [6, 6.07) is 12.7. The molecule has 11 heteroatoms. The number of amides is 1. The fourth-order valence-corrected chi connectivity index (χ4v) is 5.45. The van der Waals surface area contributed by atoms with Gasteiger partial charge in [-0.1, -0.05) is 30.9 Å². The number of aromatic nitrogens is 3. The molecule has 3 N–H and O–H groups in total. The van der Waals surface area contributed by atoms with E-state index in [1.54, 1.807) is 41.2 Å². The number of rotatable bonds is 10. The maximum atomic E-state index is 14.2. The lowest BCUT2D eigenvalue weighted by Gasteiger charge is -2.35. The molecule has 0 bridgehead atoms. The highest BCUT2D eigenvalue weighted by Crippen LogP contribution is 2.35. The van der Waals surface area contributed by atoms with Crippen LogP contribution in [0.1, 0.15) is 64.0 Å². The van der Waals surface area contributed by atoms with Crippen LogP contribution in [0.2, 0.25) is 0 Å². The number of aryl methyl sites for hydroxylation is 1. The fourth-order valence-electron chi connectivity index (χ4n) is 5.45. The van der Waals surface area contributed by atoms with E-state index in [0.29, 0.717) is 30.0 Å². The first-order valence-corrected chi connectivity index (χ1v) is 15.3. The molecule has 45 heavy (non-hydrogen) atoms. The summed E-state index contributed by atoms with van der Waals surface area (Å²) in [5.74, 6) is 5.59. The molecule has 0 spiro atoms. The molecule has 0 radical (unpaired) electrons. The van der Waals surface area contributed by atoms with Gasteiger partial charge in [0.1, 0.15) is 5.69 Å². The lowest BCUT2D eigenvalue weighted by atomic mass is 10.0. The van der Waals surface area contributed by atoms with E-state index in [2.05, 4.69) is 37.0 Å². The summed E-state index contributed by atoms with van der Waals surface area (Å²) < 4.78 is 44.1. The number of carbonyl (C=O) groups excluding carboxylic acids is 1. The second-order valence-electron chi connectivity index (χ2n) is 11.4. The number of anilines is 1. The van der Waals surface area contributed by atoms with E-state index in [4.69, 9.17) is 5.73 Å². The normalized spacial score (nSPS) is 14.3. The van der Waals surface area contributed by atoms with Gasteiger partial charge in [-0.3, -0.25) is 9.69 Å². The van der Waals surface area contributed by atoms with Gasteiger partial charge in [-0.15, -0.1) is 0 Å². The summed E-state index contributed by atoms with van der Waals surface area (Å²) in [5.41, 5.74) is 8.12. The molecule has 1 aliphatic rings. The van der Waals surface area contributed by atoms with Crippen LogP contribution >= 0.6 is 0 Å². The molecule has 1 fully saturated rings. The van der Waals surface area contributed by atoms with Crippen molar-refractivity contribution in [2.45, 2.75) is 45.3 Å². The molecule has 2 aromatic heterocycles. The molecule has 1 amide bonds. The van der Waals surface area contributed by atoms with Gasteiger partial charge in [-0.25, -0.2) is 9.50 Å². The van der Waals surface area contributed by atoms with Crippen molar-refractivity contribution >= 4 is 17.2 Å². The quantitative estimate of drug-likeness (QED) is 0.184. The van der Waals surface area contributed by atoms with Crippen molar-refractivity contribution in [1.82, 2.24) is 24.4 Å². The Labute approximate surface area is 261 Å². The number of nitrogens with two attached hydrogens (primary N) is 1. The van der Waals surface area contributed by atoms with Gasteiger partial charge in [0.05, 0.1) is 11.8 Å². The Morgan fingerprint density at radius 2 is 1.76 bits per heavy atom. The fraction of sp³-hybridized carbons (Fsp3) is 0.382. The maximum Gasteiger partial charge on any atom is 0.416 e. The minimum absolute atomic E-state index is 0.0838. The van der Waals surface area contributed by atoms with E-state index >= 15 is 0 Å². The standard InChI is InChI=1S/C34H38F3N7O/c1-25-8-9-27(21-26(25)11-13-30-23-39-32-7-6-15-40-44(30)32)33(45)41-29-12-10-28(31(22-29)34(35,36)37)24-43-19-17-42(18-20-43)16-5-3-2-4-14-38/h6-10,12,15,21-23H,2-5,14,16-20,24,38H2,1H3,(H,41,45). The van der Waals surface area contributed by atoms with E-state index in [1.165, 1.54) is 12.1 Å². The molecule has 4 aromatic rings. The maximum absolute atomic E-state index is 14.2. The largest absolute Gasteiger partial charge is 0.416 e.